The number of hydrogen-bond donors (Lipinski definition) is 1. The number of urea groups is 1. The van der Waals surface area contributed by atoms with Crippen molar-refractivity contribution in [2.75, 3.05) is 63.2 Å². The van der Waals surface area contributed by atoms with E-state index in [-0.39, 0.29) is 12.1 Å². The van der Waals surface area contributed by atoms with Crippen LogP contribution in [-0.2, 0) is 11.3 Å². The fraction of sp³-hybridized carbons (Fsp3) is 0.394. The molecule has 2 aliphatic rings. The molecule has 0 radical (unpaired) electrons. The van der Waals surface area contributed by atoms with E-state index in [2.05, 4.69) is 23.1 Å². The molecule has 0 aromatic heterocycles. The van der Waals surface area contributed by atoms with Crippen LogP contribution in [-0.4, -0.2) is 81.0 Å². The second kappa shape index (κ2) is 12.3. The van der Waals surface area contributed by atoms with Gasteiger partial charge in [0, 0.05) is 69.7 Å². The summed E-state index contributed by atoms with van der Waals surface area (Å²) in [6.07, 6.45) is -0.283. The monoisotopic (exact) mass is 605 g/mol. The van der Waals surface area contributed by atoms with Gasteiger partial charge < -0.3 is 29.9 Å². The molecule has 43 heavy (non-hydrogen) atoms. The quantitative estimate of drug-likeness (QED) is 0.367. The van der Waals surface area contributed by atoms with Gasteiger partial charge in [-0.25, -0.2) is 9.59 Å². The van der Waals surface area contributed by atoms with Gasteiger partial charge in [-0.1, -0.05) is 48.0 Å². The first-order valence-electron chi connectivity index (χ1n) is 14.6. The van der Waals surface area contributed by atoms with Crippen molar-refractivity contribution in [3.63, 3.8) is 0 Å². The number of carbonyl (C=O) groups excluding carboxylic acids is 2. The van der Waals surface area contributed by atoms with Crippen LogP contribution < -0.4 is 20.3 Å². The fourth-order valence-electron chi connectivity index (χ4n) is 5.63. The smallest absolute Gasteiger partial charge is 0.410 e. The van der Waals surface area contributed by atoms with E-state index in [0.29, 0.717) is 56.5 Å². The molecule has 3 aromatic rings. The molecule has 10 heteroatoms. The summed E-state index contributed by atoms with van der Waals surface area (Å²) in [5.74, 6) is 0.726. The molecule has 2 heterocycles. The van der Waals surface area contributed by atoms with Gasteiger partial charge in [0.15, 0.2) is 0 Å². The Morgan fingerprint density at radius 2 is 1.56 bits per heavy atom. The zero-order valence-electron chi connectivity index (χ0n) is 25.5. The highest BCUT2D eigenvalue weighted by Crippen LogP contribution is 2.42. The SMILES string of the molecule is COc1c(-c2ccc(N3CCN(C)C3=O)c(Cl)c2)cccc1-c1ccc(CN)c(N2CCN(C(=O)OC(C)(C)C)CC2)c1. The van der Waals surface area contributed by atoms with Crippen LogP contribution in [0.4, 0.5) is 21.0 Å². The van der Waals surface area contributed by atoms with Crippen LogP contribution in [0.2, 0.25) is 5.02 Å². The first kappa shape index (κ1) is 30.5. The number of anilines is 2. The van der Waals surface area contributed by atoms with Crippen molar-refractivity contribution < 1.29 is 19.1 Å². The lowest BCUT2D eigenvalue weighted by Crippen LogP contribution is -2.50. The van der Waals surface area contributed by atoms with E-state index in [4.69, 9.17) is 26.8 Å². The van der Waals surface area contributed by atoms with E-state index < -0.39 is 5.60 Å². The van der Waals surface area contributed by atoms with E-state index in [1.165, 1.54) is 0 Å². The summed E-state index contributed by atoms with van der Waals surface area (Å²) in [7, 11) is 3.46. The Balaban J connectivity index is 1.43. The molecule has 2 saturated heterocycles. The lowest BCUT2D eigenvalue weighted by atomic mass is 9.95. The van der Waals surface area contributed by atoms with Gasteiger partial charge in [0.2, 0.25) is 0 Å². The molecule has 0 saturated carbocycles. The number of nitrogens with two attached hydrogens (primary N) is 1. The van der Waals surface area contributed by atoms with Crippen LogP contribution >= 0.6 is 11.6 Å². The molecule has 2 aliphatic heterocycles. The van der Waals surface area contributed by atoms with Crippen molar-refractivity contribution in [3.05, 3.63) is 65.2 Å². The minimum atomic E-state index is -0.528. The number of methoxy groups -OCH3 is 1. The summed E-state index contributed by atoms with van der Waals surface area (Å²) >= 11 is 6.72. The molecule has 228 valence electrons. The maximum atomic E-state index is 12.6. The largest absolute Gasteiger partial charge is 0.495 e. The van der Waals surface area contributed by atoms with Crippen LogP contribution in [0.15, 0.2) is 54.6 Å². The second-order valence-electron chi connectivity index (χ2n) is 11.9. The standard InChI is InChI=1S/C33H40ClN5O4/c1-33(2,3)43-32(41)38-16-14-37(15-17-38)29-20-23(9-10-24(29)21-35)26-8-6-7-25(30(26)42-5)22-11-12-28(27(34)19-22)39-18-13-36(4)31(39)40/h6-12,19-20H,13-18,21,35H2,1-5H3. The predicted molar refractivity (Wildman–Crippen MR) is 172 cm³/mol. The van der Waals surface area contributed by atoms with Gasteiger partial charge in [-0.05, 0) is 55.7 Å². The molecule has 0 spiro atoms. The van der Waals surface area contributed by atoms with Gasteiger partial charge in [0.25, 0.3) is 0 Å². The summed E-state index contributed by atoms with van der Waals surface area (Å²) in [5.41, 5.74) is 12.1. The molecule has 0 unspecified atom stereocenters. The van der Waals surface area contributed by atoms with Crippen molar-refractivity contribution in [3.8, 4) is 28.0 Å². The Labute approximate surface area is 258 Å². The van der Waals surface area contributed by atoms with E-state index in [0.717, 1.165) is 39.3 Å². The number of ether oxygens (including phenoxy) is 2. The number of likely N-dealkylation sites (N-methyl/N-ethyl adjacent to an activating group) is 1. The van der Waals surface area contributed by atoms with Crippen LogP contribution in [0.3, 0.4) is 0 Å². The van der Waals surface area contributed by atoms with Gasteiger partial charge in [-0.3, -0.25) is 4.90 Å². The highest BCUT2D eigenvalue weighted by atomic mass is 35.5. The summed E-state index contributed by atoms with van der Waals surface area (Å²) in [4.78, 5) is 32.6. The number of hydrogen-bond acceptors (Lipinski definition) is 6. The number of nitrogens with zero attached hydrogens (tertiary/aromatic N) is 4. The highest BCUT2D eigenvalue weighted by Gasteiger charge is 2.29. The Morgan fingerprint density at radius 3 is 2.12 bits per heavy atom. The normalized spacial score (nSPS) is 15.7. The number of rotatable bonds is 6. The molecule has 2 N–H and O–H groups in total. The molecule has 0 atom stereocenters. The molecule has 9 nitrogen and oxygen atoms in total. The Hall–Kier alpha value is -3.95. The first-order chi connectivity index (χ1) is 20.5. The predicted octanol–water partition coefficient (Wildman–Crippen LogP) is 6.07. The molecule has 3 amide bonds. The van der Waals surface area contributed by atoms with E-state index in [9.17, 15) is 9.59 Å². The van der Waals surface area contributed by atoms with Crippen LogP contribution in [0, 0.1) is 0 Å². The van der Waals surface area contributed by atoms with Crippen molar-refractivity contribution >= 4 is 35.1 Å². The number of amides is 3. The van der Waals surface area contributed by atoms with Crippen molar-refractivity contribution in [2.24, 2.45) is 5.73 Å². The summed E-state index contributed by atoms with van der Waals surface area (Å²) < 4.78 is 11.6. The maximum Gasteiger partial charge on any atom is 0.410 e. The number of halogens is 1. The molecule has 3 aromatic carbocycles. The van der Waals surface area contributed by atoms with E-state index in [1.54, 1.807) is 28.9 Å². The number of benzene rings is 3. The van der Waals surface area contributed by atoms with Gasteiger partial charge in [-0.15, -0.1) is 0 Å². The molecule has 2 fully saturated rings. The van der Waals surface area contributed by atoms with Gasteiger partial charge in [-0.2, -0.15) is 0 Å². The molecule has 5 rings (SSSR count). The Morgan fingerprint density at radius 1 is 0.907 bits per heavy atom. The van der Waals surface area contributed by atoms with E-state index in [1.807, 2.05) is 57.2 Å². The van der Waals surface area contributed by atoms with Gasteiger partial charge in [0.05, 0.1) is 17.8 Å². The molecule has 0 aliphatic carbocycles. The third kappa shape index (κ3) is 6.38. The number of piperazine rings is 1. The van der Waals surface area contributed by atoms with Crippen molar-refractivity contribution in [1.29, 1.82) is 0 Å². The fourth-order valence-corrected chi connectivity index (χ4v) is 5.91. The highest BCUT2D eigenvalue weighted by molar-refractivity contribution is 6.34. The summed E-state index contributed by atoms with van der Waals surface area (Å²) in [5, 5.41) is 0.508. The Bertz CT molecular complexity index is 1510. The Kier molecular flexibility index (Phi) is 8.76. The third-order valence-electron chi connectivity index (χ3n) is 7.87. The van der Waals surface area contributed by atoms with Crippen LogP contribution in [0.25, 0.3) is 22.3 Å². The zero-order chi connectivity index (χ0) is 30.9. The second-order valence-corrected chi connectivity index (χ2v) is 12.3. The maximum absolute atomic E-state index is 12.6. The molecule has 0 bridgehead atoms. The van der Waals surface area contributed by atoms with Gasteiger partial charge in [0.1, 0.15) is 11.4 Å². The third-order valence-corrected chi connectivity index (χ3v) is 8.18. The summed E-state index contributed by atoms with van der Waals surface area (Å²) in [6, 6.07) is 18.0. The number of para-hydroxylation sites is 1. The molecular formula is C33H40ClN5O4. The van der Waals surface area contributed by atoms with E-state index >= 15 is 0 Å². The average molecular weight is 606 g/mol. The van der Waals surface area contributed by atoms with Gasteiger partial charge >= 0.3 is 12.1 Å². The van der Waals surface area contributed by atoms with Crippen molar-refractivity contribution in [2.45, 2.75) is 32.9 Å². The summed E-state index contributed by atoms with van der Waals surface area (Å²) in [6.45, 7) is 9.78. The number of carbonyl (C=O) groups is 2. The first-order valence-corrected chi connectivity index (χ1v) is 14.9. The lowest BCUT2D eigenvalue weighted by molar-refractivity contribution is 0.0240. The van der Waals surface area contributed by atoms with Crippen LogP contribution in [0.1, 0.15) is 26.3 Å². The minimum absolute atomic E-state index is 0.0581. The van der Waals surface area contributed by atoms with Crippen molar-refractivity contribution in [1.82, 2.24) is 9.80 Å². The lowest BCUT2D eigenvalue weighted by Gasteiger charge is -2.37. The zero-order valence-corrected chi connectivity index (χ0v) is 26.3. The minimum Gasteiger partial charge on any atom is -0.495 e. The topological polar surface area (TPSA) is 91.6 Å². The average Bonchev–Trinajstić information content (AvgIpc) is 3.32. The molecular weight excluding hydrogens is 566 g/mol. The van der Waals surface area contributed by atoms with Crippen LogP contribution in [0.5, 0.6) is 5.75 Å².